The molecule has 2 aliphatic rings. The Labute approximate surface area is 192 Å². The second kappa shape index (κ2) is 13.5. The van der Waals surface area contributed by atoms with E-state index in [4.69, 9.17) is 11.6 Å². The van der Waals surface area contributed by atoms with Crippen LogP contribution in [0, 0.1) is 63.7 Å². The van der Waals surface area contributed by atoms with E-state index >= 15 is 0 Å². The number of aromatic nitrogens is 1. The molecule has 2 aliphatic carbocycles. The summed E-state index contributed by atoms with van der Waals surface area (Å²) in [4.78, 5) is 6.72. The standard InChI is InChI=1S/C19H21ClN3.C5H5.Fe/c1-23(14-15-5-2-3-6-15)12-4-10-21-18-9-11-22-19-13-16(20)7-8-17(18)19;1-2-4-5-3-1;/h2-3,5-9,11,13H,4,10,12,14H2,1H3,(H,21,22);1-5H;/q;;+2. The average Bonchev–Trinajstić information content (AvgIpc) is 3.41. The average molecular weight is 448 g/mol. The molecule has 1 aromatic carbocycles. The van der Waals surface area contributed by atoms with Crippen LogP contribution in [0.25, 0.3) is 10.9 Å². The Morgan fingerprint density at radius 1 is 0.966 bits per heavy atom. The van der Waals surface area contributed by atoms with Crippen LogP contribution in [0.5, 0.6) is 0 Å². The molecular formula is C24H26ClFeN3+2. The number of nitrogens with one attached hydrogen (secondary N) is 1. The van der Waals surface area contributed by atoms with E-state index in [1.807, 2.05) is 62.6 Å². The van der Waals surface area contributed by atoms with Crippen LogP contribution in [-0.4, -0.2) is 36.6 Å². The van der Waals surface area contributed by atoms with Crippen molar-refractivity contribution in [3.05, 3.63) is 99.2 Å². The number of rotatable bonds is 7. The molecule has 5 heteroatoms. The maximum Gasteiger partial charge on any atom is 2.00 e. The van der Waals surface area contributed by atoms with Crippen LogP contribution in [0.4, 0.5) is 5.69 Å². The molecule has 10 radical (unpaired) electrons. The number of hydrogen-bond acceptors (Lipinski definition) is 3. The molecule has 1 N–H and O–H groups in total. The first-order chi connectivity index (χ1) is 13.7. The van der Waals surface area contributed by atoms with Crippen LogP contribution in [0.1, 0.15) is 6.42 Å². The topological polar surface area (TPSA) is 28.2 Å². The Balaban J connectivity index is 0.000000437. The molecule has 150 valence electrons. The molecule has 2 aromatic rings. The van der Waals surface area contributed by atoms with Gasteiger partial charge in [-0.25, -0.2) is 0 Å². The van der Waals surface area contributed by atoms with Gasteiger partial charge in [-0.2, -0.15) is 0 Å². The molecular weight excluding hydrogens is 422 g/mol. The molecule has 1 heterocycles. The van der Waals surface area contributed by atoms with Gasteiger partial charge in [-0.1, -0.05) is 11.6 Å². The summed E-state index contributed by atoms with van der Waals surface area (Å²) >= 11 is 6.02. The van der Waals surface area contributed by atoms with Gasteiger partial charge in [0.2, 0.25) is 0 Å². The Bertz CT molecular complexity index is 707. The van der Waals surface area contributed by atoms with Crippen molar-refractivity contribution in [3.8, 4) is 0 Å². The first-order valence-corrected chi connectivity index (χ1v) is 9.94. The second-order valence-electron chi connectivity index (χ2n) is 6.79. The van der Waals surface area contributed by atoms with Gasteiger partial charge < -0.3 is 10.2 Å². The zero-order valence-corrected chi connectivity index (χ0v) is 18.4. The molecule has 0 atom stereocenters. The van der Waals surface area contributed by atoms with Crippen LogP contribution in [0.2, 0.25) is 5.02 Å². The summed E-state index contributed by atoms with van der Waals surface area (Å²) in [6.45, 7) is 3.00. The quantitative estimate of drug-likeness (QED) is 0.476. The van der Waals surface area contributed by atoms with Crippen LogP contribution in [0.15, 0.2) is 30.5 Å². The van der Waals surface area contributed by atoms with Gasteiger partial charge in [-0.05, 0) is 108 Å². The fourth-order valence-corrected chi connectivity index (χ4v) is 3.24. The van der Waals surface area contributed by atoms with Crippen molar-refractivity contribution < 1.29 is 17.1 Å². The van der Waals surface area contributed by atoms with E-state index in [0.29, 0.717) is 0 Å². The van der Waals surface area contributed by atoms with Crippen molar-refractivity contribution >= 4 is 28.2 Å². The van der Waals surface area contributed by atoms with Gasteiger partial charge in [-0.3, -0.25) is 4.98 Å². The van der Waals surface area contributed by atoms with Crippen molar-refractivity contribution in [1.29, 1.82) is 0 Å². The predicted molar refractivity (Wildman–Crippen MR) is 119 cm³/mol. The number of pyridine rings is 1. The van der Waals surface area contributed by atoms with Crippen LogP contribution in [-0.2, 0) is 17.1 Å². The van der Waals surface area contributed by atoms with Gasteiger partial charge >= 0.3 is 17.1 Å². The Hall–Kier alpha value is -0.801. The van der Waals surface area contributed by atoms with E-state index in [0.717, 1.165) is 47.7 Å². The molecule has 2 fully saturated rings. The Morgan fingerprint density at radius 2 is 1.66 bits per heavy atom. The monoisotopic (exact) mass is 447 g/mol. The predicted octanol–water partition coefficient (Wildman–Crippen LogP) is 5.05. The van der Waals surface area contributed by atoms with E-state index in [9.17, 15) is 0 Å². The largest absolute Gasteiger partial charge is 2.00 e. The maximum absolute atomic E-state index is 6.02. The van der Waals surface area contributed by atoms with Crippen molar-refractivity contribution in [2.75, 3.05) is 32.0 Å². The Morgan fingerprint density at radius 3 is 2.34 bits per heavy atom. The molecule has 2 saturated carbocycles. The first-order valence-electron chi connectivity index (χ1n) is 9.56. The van der Waals surface area contributed by atoms with Gasteiger partial charge in [0.1, 0.15) is 0 Å². The molecule has 0 amide bonds. The zero-order valence-electron chi connectivity index (χ0n) is 16.5. The molecule has 3 nitrogen and oxygen atoms in total. The number of benzene rings is 1. The summed E-state index contributed by atoms with van der Waals surface area (Å²) in [6.07, 6.45) is 21.4. The number of fused-ring (bicyclic) bond motifs is 1. The second-order valence-corrected chi connectivity index (χ2v) is 7.23. The minimum atomic E-state index is 0. The fraction of sp³-hybridized carbons (Fsp3) is 0.208. The first kappa shape index (κ1) is 24.5. The third kappa shape index (κ3) is 8.45. The minimum absolute atomic E-state index is 0. The van der Waals surface area contributed by atoms with E-state index in [1.165, 1.54) is 5.92 Å². The van der Waals surface area contributed by atoms with Crippen molar-refractivity contribution in [3.63, 3.8) is 0 Å². The summed E-state index contributed by atoms with van der Waals surface area (Å²) in [5.41, 5.74) is 2.04. The minimum Gasteiger partial charge on any atom is -0.384 e. The molecule has 0 aliphatic heterocycles. The molecule has 0 spiro atoms. The SMILES string of the molecule is CN(CCCNc1ccnc2cc(Cl)ccc12)C[C]1[CH][CH][CH][CH]1.[CH]1[CH][CH][CH][CH]1.[Fe+2]. The number of halogens is 1. The van der Waals surface area contributed by atoms with E-state index < -0.39 is 0 Å². The summed E-state index contributed by atoms with van der Waals surface area (Å²) < 4.78 is 0. The van der Waals surface area contributed by atoms with Crippen molar-refractivity contribution in [2.24, 2.45) is 0 Å². The Kier molecular flexibility index (Phi) is 11.4. The third-order valence-electron chi connectivity index (χ3n) is 4.48. The van der Waals surface area contributed by atoms with Gasteiger partial charge in [0.15, 0.2) is 0 Å². The van der Waals surface area contributed by atoms with Gasteiger partial charge in [0, 0.05) is 35.4 Å². The van der Waals surface area contributed by atoms with E-state index in [1.54, 1.807) is 0 Å². The van der Waals surface area contributed by atoms with Gasteiger partial charge in [0.05, 0.1) is 5.52 Å². The van der Waals surface area contributed by atoms with E-state index in [2.05, 4.69) is 47.9 Å². The third-order valence-corrected chi connectivity index (χ3v) is 4.71. The van der Waals surface area contributed by atoms with E-state index in [-0.39, 0.29) is 17.1 Å². The van der Waals surface area contributed by atoms with Crippen LogP contribution < -0.4 is 5.32 Å². The van der Waals surface area contributed by atoms with Crippen molar-refractivity contribution in [2.45, 2.75) is 6.42 Å². The molecule has 0 saturated heterocycles. The summed E-state index contributed by atoms with van der Waals surface area (Å²) in [7, 11) is 2.16. The van der Waals surface area contributed by atoms with Gasteiger partial charge in [0.25, 0.3) is 0 Å². The molecule has 29 heavy (non-hydrogen) atoms. The van der Waals surface area contributed by atoms with Crippen LogP contribution in [0.3, 0.4) is 0 Å². The fourth-order valence-electron chi connectivity index (χ4n) is 3.08. The molecule has 0 bridgehead atoms. The summed E-state index contributed by atoms with van der Waals surface area (Å²) in [5.74, 6) is 1.37. The zero-order chi connectivity index (χ0) is 19.6. The van der Waals surface area contributed by atoms with Gasteiger partial charge in [-0.15, -0.1) is 0 Å². The number of anilines is 1. The summed E-state index contributed by atoms with van der Waals surface area (Å²) in [5, 5.41) is 5.34. The number of hydrogen-bond donors (Lipinski definition) is 1. The smallest absolute Gasteiger partial charge is 0.384 e. The molecule has 1 aromatic heterocycles. The summed E-state index contributed by atoms with van der Waals surface area (Å²) in [6, 6.07) is 7.85. The molecule has 0 unspecified atom stereocenters. The van der Waals surface area contributed by atoms with Crippen molar-refractivity contribution in [1.82, 2.24) is 9.88 Å². The van der Waals surface area contributed by atoms with Crippen LogP contribution >= 0.6 is 11.6 Å². The normalized spacial score (nSPS) is 16.5. The maximum atomic E-state index is 6.02. The number of nitrogens with zero attached hydrogens (tertiary/aromatic N) is 2. The molecule has 4 rings (SSSR count).